The van der Waals surface area contributed by atoms with Gasteiger partial charge in [-0.3, -0.25) is 4.90 Å². The van der Waals surface area contributed by atoms with Crippen molar-refractivity contribution < 1.29 is 4.74 Å². The summed E-state index contributed by atoms with van der Waals surface area (Å²) in [5, 5.41) is 3.18. The Morgan fingerprint density at radius 1 is 1.43 bits per heavy atom. The third kappa shape index (κ3) is 3.23. The second kappa shape index (κ2) is 5.10. The zero-order chi connectivity index (χ0) is 9.80. The number of hydrogen-bond acceptors (Lipinski definition) is 3. The highest BCUT2D eigenvalue weighted by atomic mass is 16.5. The van der Waals surface area contributed by atoms with E-state index in [1.807, 2.05) is 7.05 Å². The first-order valence-corrected chi connectivity index (χ1v) is 5.87. The quantitative estimate of drug-likeness (QED) is 0.704. The summed E-state index contributed by atoms with van der Waals surface area (Å²) in [7, 11) is 1.99. The Kier molecular flexibility index (Phi) is 3.79. The average Bonchev–Trinajstić information content (AvgIpc) is 2.99. The molecule has 2 rings (SSSR count). The number of hydrogen-bond donors (Lipinski definition) is 1. The number of nitrogens with one attached hydrogen (secondary N) is 1. The van der Waals surface area contributed by atoms with Crippen molar-refractivity contribution in [3.05, 3.63) is 0 Å². The molecule has 2 fully saturated rings. The van der Waals surface area contributed by atoms with E-state index < -0.39 is 0 Å². The van der Waals surface area contributed by atoms with Crippen LogP contribution in [0.25, 0.3) is 0 Å². The molecular formula is C11H22N2O. The second-order valence-electron chi connectivity index (χ2n) is 4.58. The molecule has 14 heavy (non-hydrogen) atoms. The Morgan fingerprint density at radius 2 is 2.29 bits per heavy atom. The van der Waals surface area contributed by atoms with Gasteiger partial charge in [-0.15, -0.1) is 0 Å². The largest absolute Gasteiger partial charge is 0.374 e. The highest BCUT2D eigenvalue weighted by molar-refractivity contribution is 4.77. The van der Waals surface area contributed by atoms with Crippen molar-refractivity contribution in [2.45, 2.75) is 25.4 Å². The Balaban J connectivity index is 1.64. The molecule has 1 aliphatic carbocycles. The van der Waals surface area contributed by atoms with Gasteiger partial charge in [0.25, 0.3) is 0 Å². The maximum Gasteiger partial charge on any atom is 0.0826 e. The molecule has 0 radical (unpaired) electrons. The van der Waals surface area contributed by atoms with Gasteiger partial charge in [0.2, 0.25) is 0 Å². The Hall–Kier alpha value is -0.120. The Morgan fingerprint density at radius 3 is 3.00 bits per heavy atom. The highest BCUT2D eigenvalue weighted by Gasteiger charge is 2.24. The molecule has 0 amide bonds. The lowest BCUT2D eigenvalue weighted by atomic mass is 10.2. The molecule has 1 N–H and O–H groups in total. The van der Waals surface area contributed by atoms with E-state index in [4.69, 9.17) is 4.74 Å². The summed E-state index contributed by atoms with van der Waals surface area (Å²) in [6.07, 6.45) is 4.77. The fraction of sp³-hybridized carbons (Fsp3) is 1.00. The summed E-state index contributed by atoms with van der Waals surface area (Å²) in [5.41, 5.74) is 0. The zero-order valence-corrected chi connectivity index (χ0v) is 9.17. The van der Waals surface area contributed by atoms with E-state index in [1.54, 1.807) is 0 Å². The smallest absolute Gasteiger partial charge is 0.0826 e. The van der Waals surface area contributed by atoms with Gasteiger partial charge >= 0.3 is 0 Å². The van der Waals surface area contributed by atoms with E-state index in [2.05, 4.69) is 10.2 Å². The fourth-order valence-corrected chi connectivity index (χ4v) is 2.11. The van der Waals surface area contributed by atoms with Gasteiger partial charge in [-0.25, -0.2) is 0 Å². The van der Waals surface area contributed by atoms with Crippen LogP contribution in [0.2, 0.25) is 0 Å². The van der Waals surface area contributed by atoms with E-state index >= 15 is 0 Å². The predicted octanol–water partition coefficient (Wildman–Crippen LogP) is 0.707. The summed E-state index contributed by atoms with van der Waals surface area (Å²) in [5.74, 6) is 1.06. The first-order valence-electron chi connectivity index (χ1n) is 5.87. The van der Waals surface area contributed by atoms with Crippen LogP contribution in [0.4, 0.5) is 0 Å². The van der Waals surface area contributed by atoms with Crippen LogP contribution in [-0.2, 0) is 4.74 Å². The molecule has 2 aliphatic rings. The molecule has 1 unspecified atom stereocenters. The van der Waals surface area contributed by atoms with Crippen molar-refractivity contribution in [1.82, 2.24) is 10.2 Å². The lowest BCUT2D eigenvalue weighted by molar-refractivity contribution is -0.0268. The SMILES string of the molecule is CNCC1CN(CCC2CC2)CCO1. The third-order valence-electron chi connectivity index (χ3n) is 3.21. The zero-order valence-electron chi connectivity index (χ0n) is 9.17. The molecule has 82 valence electrons. The number of likely N-dealkylation sites (N-methyl/N-ethyl adjacent to an activating group) is 1. The van der Waals surface area contributed by atoms with Crippen molar-refractivity contribution in [1.29, 1.82) is 0 Å². The van der Waals surface area contributed by atoms with E-state index in [9.17, 15) is 0 Å². The van der Waals surface area contributed by atoms with Gasteiger partial charge in [0, 0.05) is 19.6 Å². The van der Waals surface area contributed by atoms with Gasteiger partial charge in [0.05, 0.1) is 12.7 Å². The number of nitrogens with zero attached hydrogens (tertiary/aromatic N) is 1. The lowest BCUT2D eigenvalue weighted by Crippen LogP contribution is -2.46. The van der Waals surface area contributed by atoms with E-state index in [-0.39, 0.29) is 0 Å². The molecule has 0 aromatic rings. The molecule has 3 heteroatoms. The first kappa shape index (κ1) is 10.4. The van der Waals surface area contributed by atoms with Gasteiger partial charge in [-0.1, -0.05) is 12.8 Å². The van der Waals surface area contributed by atoms with E-state index in [0.29, 0.717) is 6.10 Å². The van der Waals surface area contributed by atoms with Crippen molar-refractivity contribution in [2.24, 2.45) is 5.92 Å². The standard InChI is InChI=1S/C11H22N2O/c1-12-8-11-9-13(6-7-14-11)5-4-10-2-3-10/h10-12H,2-9H2,1H3. The second-order valence-corrected chi connectivity index (χ2v) is 4.58. The molecule has 1 heterocycles. The lowest BCUT2D eigenvalue weighted by Gasteiger charge is -2.32. The Bertz CT molecular complexity index is 169. The van der Waals surface area contributed by atoms with Crippen LogP contribution in [-0.4, -0.2) is 50.8 Å². The molecule has 0 spiro atoms. The molecule has 0 bridgehead atoms. The summed E-state index contributed by atoms with van der Waals surface area (Å²) in [6, 6.07) is 0. The summed E-state index contributed by atoms with van der Waals surface area (Å²) in [6.45, 7) is 5.44. The first-order chi connectivity index (χ1) is 6.88. The van der Waals surface area contributed by atoms with E-state index in [0.717, 1.165) is 32.2 Å². The van der Waals surface area contributed by atoms with Gasteiger partial charge in [-0.2, -0.15) is 0 Å². The maximum atomic E-state index is 5.67. The summed E-state index contributed by atoms with van der Waals surface area (Å²) < 4.78 is 5.67. The maximum absolute atomic E-state index is 5.67. The van der Waals surface area contributed by atoms with Crippen LogP contribution in [0.3, 0.4) is 0 Å². The summed E-state index contributed by atoms with van der Waals surface area (Å²) in [4.78, 5) is 2.56. The van der Waals surface area contributed by atoms with Gasteiger partial charge in [0.1, 0.15) is 0 Å². The van der Waals surface area contributed by atoms with Crippen LogP contribution in [0.5, 0.6) is 0 Å². The minimum Gasteiger partial charge on any atom is -0.374 e. The molecular weight excluding hydrogens is 176 g/mol. The van der Waals surface area contributed by atoms with Crippen LogP contribution in [0.1, 0.15) is 19.3 Å². The minimum absolute atomic E-state index is 0.410. The topological polar surface area (TPSA) is 24.5 Å². The van der Waals surface area contributed by atoms with Crippen LogP contribution in [0.15, 0.2) is 0 Å². The molecule has 1 saturated carbocycles. The van der Waals surface area contributed by atoms with Gasteiger partial charge in [-0.05, 0) is 25.9 Å². The molecule has 3 nitrogen and oxygen atoms in total. The van der Waals surface area contributed by atoms with Gasteiger partial charge in [0.15, 0.2) is 0 Å². The molecule has 0 aromatic carbocycles. The van der Waals surface area contributed by atoms with Gasteiger partial charge < -0.3 is 10.1 Å². The molecule has 1 saturated heterocycles. The van der Waals surface area contributed by atoms with Crippen molar-refractivity contribution in [3.63, 3.8) is 0 Å². The number of morpholine rings is 1. The third-order valence-corrected chi connectivity index (χ3v) is 3.21. The number of ether oxygens (including phenoxy) is 1. The van der Waals surface area contributed by atoms with E-state index in [1.165, 1.54) is 25.8 Å². The normalized spacial score (nSPS) is 29.4. The monoisotopic (exact) mass is 198 g/mol. The molecule has 1 aliphatic heterocycles. The fourth-order valence-electron chi connectivity index (χ4n) is 2.11. The number of rotatable bonds is 5. The van der Waals surface area contributed by atoms with Crippen LogP contribution in [0, 0.1) is 5.92 Å². The highest BCUT2D eigenvalue weighted by Crippen LogP contribution is 2.32. The Labute approximate surface area is 86.8 Å². The molecule has 0 aromatic heterocycles. The van der Waals surface area contributed by atoms with Crippen LogP contribution < -0.4 is 5.32 Å². The minimum atomic E-state index is 0.410. The van der Waals surface area contributed by atoms with Crippen LogP contribution >= 0.6 is 0 Å². The van der Waals surface area contributed by atoms with Crippen molar-refractivity contribution in [2.75, 3.05) is 39.8 Å². The van der Waals surface area contributed by atoms with Crippen molar-refractivity contribution >= 4 is 0 Å². The average molecular weight is 198 g/mol. The molecule has 1 atom stereocenters. The summed E-state index contributed by atoms with van der Waals surface area (Å²) >= 11 is 0. The predicted molar refractivity (Wildman–Crippen MR) is 57.4 cm³/mol. The van der Waals surface area contributed by atoms with Crippen molar-refractivity contribution in [3.8, 4) is 0 Å².